The van der Waals surface area contributed by atoms with Crippen molar-refractivity contribution in [1.29, 1.82) is 0 Å². The van der Waals surface area contributed by atoms with Gasteiger partial charge >= 0.3 is 0 Å². The van der Waals surface area contributed by atoms with Crippen LogP contribution in [-0.4, -0.2) is 37.5 Å². The molecule has 0 amide bonds. The predicted octanol–water partition coefficient (Wildman–Crippen LogP) is 2.04. The third-order valence-corrected chi connectivity index (χ3v) is 3.59. The maximum atomic E-state index is 13.5. The number of hydrogen-bond acceptors (Lipinski definition) is 4. The van der Waals surface area contributed by atoms with Crippen LogP contribution in [0, 0.1) is 5.82 Å². The Morgan fingerprint density at radius 1 is 1.42 bits per heavy atom. The number of aliphatic hydroxyl groups excluding tert-OH is 1. The number of nitrogens with two attached hydrogens (primary N) is 1. The molecule has 0 saturated carbocycles. The standard InChI is InChI=1S/C13H18ClFN2O2/c14-10-7-12(16)13(8-11(10)15)17-3-1-9(2-4-17)19-6-5-18/h7-9,18H,1-6,16H2. The summed E-state index contributed by atoms with van der Waals surface area (Å²) in [7, 11) is 0. The first-order valence-corrected chi connectivity index (χ1v) is 6.71. The number of aliphatic hydroxyl groups is 1. The van der Waals surface area contributed by atoms with E-state index in [4.69, 9.17) is 27.2 Å². The summed E-state index contributed by atoms with van der Waals surface area (Å²) in [6.45, 7) is 1.90. The molecule has 6 heteroatoms. The summed E-state index contributed by atoms with van der Waals surface area (Å²) >= 11 is 5.69. The van der Waals surface area contributed by atoms with Gasteiger partial charge in [0, 0.05) is 19.2 Å². The van der Waals surface area contributed by atoms with Crippen LogP contribution < -0.4 is 10.6 Å². The maximum Gasteiger partial charge on any atom is 0.144 e. The summed E-state index contributed by atoms with van der Waals surface area (Å²) in [4.78, 5) is 2.04. The summed E-state index contributed by atoms with van der Waals surface area (Å²) in [5, 5.41) is 8.76. The van der Waals surface area contributed by atoms with Gasteiger partial charge in [-0.2, -0.15) is 0 Å². The molecule has 0 aliphatic carbocycles. The highest BCUT2D eigenvalue weighted by molar-refractivity contribution is 6.31. The Labute approximate surface area is 116 Å². The van der Waals surface area contributed by atoms with Crippen molar-refractivity contribution in [3.05, 3.63) is 23.0 Å². The van der Waals surface area contributed by atoms with Crippen molar-refractivity contribution in [2.45, 2.75) is 18.9 Å². The van der Waals surface area contributed by atoms with Crippen LogP contribution in [-0.2, 0) is 4.74 Å². The Kier molecular flexibility index (Phi) is 4.85. The molecule has 0 unspecified atom stereocenters. The minimum absolute atomic E-state index is 0.0373. The average molecular weight is 289 g/mol. The molecule has 19 heavy (non-hydrogen) atoms. The van der Waals surface area contributed by atoms with Crippen molar-refractivity contribution in [3.8, 4) is 0 Å². The molecular formula is C13H18ClFN2O2. The van der Waals surface area contributed by atoms with Crippen molar-refractivity contribution >= 4 is 23.0 Å². The van der Waals surface area contributed by atoms with Crippen LogP contribution >= 0.6 is 11.6 Å². The topological polar surface area (TPSA) is 58.7 Å². The number of nitrogens with zero attached hydrogens (tertiary/aromatic N) is 1. The van der Waals surface area contributed by atoms with Gasteiger partial charge in [0.05, 0.1) is 35.7 Å². The molecule has 1 aromatic rings. The van der Waals surface area contributed by atoms with Gasteiger partial charge in [-0.05, 0) is 18.9 Å². The molecule has 0 spiro atoms. The molecule has 0 bridgehead atoms. The van der Waals surface area contributed by atoms with Crippen LogP contribution in [0.4, 0.5) is 15.8 Å². The van der Waals surface area contributed by atoms with E-state index in [2.05, 4.69) is 0 Å². The summed E-state index contributed by atoms with van der Waals surface area (Å²) in [5.41, 5.74) is 7.05. The highest BCUT2D eigenvalue weighted by Crippen LogP contribution is 2.31. The van der Waals surface area contributed by atoms with Gasteiger partial charge < -0.3 is 20.5 Å². The molecule has 0 aromatic heterocycles. The van der Waals surface area contributed by atoms with Crippen LogP contribution in [0.3, 0.4) is 0 Å². The predicted molar refractivity (Wildman–Crippen MR) is 74.1 cm³/mol. The summed E-state index contributed by atoms with van der Waals surface area (Å²) in [5.74, 6) is -0.454. The molecule has 2 rings (SSSR count). The molecule has 1 heterocycles. The largest absolute Gasteiger partial charge is 0.397 e. The van der Waals surface area contributed by atoms with Crippen LogP contribution in [0.25, 0.3) is 0 Å². The molecule has 1 aromatic carbocycles. The van der Waals surface area contributed by atoms with Gasteiger partial charge in [-0.15, -0.1) is 0 Å². The van der Waals surface area contributed by atoms with Gasteiger partial charge in [0.15, 0.2) is 0 Å². The Hall–Kier alpha value is -1.04. The minimum Gasteiger partial charge on any atom is -0.397 e. The van der Waals surface area contributed by atoms with Gasteiger partial charge in [-0.25, -0.2) is 4.39 Å². The molecule has 1 aliphatic heterocycles. The maximum absolute atomic E-state index is 13.5. The Morgan fingerprint density at radius 2 is 2.11 bits per heavy atom. The number of rotatable bonds is 4. The van der Waals surface area contributed by atoms with Gasteiger partial charge in [0.1, 0.15) is 5.82 Å². The van der Waals surface area contributed by atoms with E-state index in [0.29, 0.717) is 18.0 Å². The summed E-state index contributed by atoms with van der Waals surface area (Å²) in [6, 6.07) is 2.83. The van der Waals surface area contributed by atoms with E-state index in [1.165, 1.54) is 12.1 Å². The molecule has 106 valence electrons. The first-order chi connectivity index (χ1) is 9.11. The normalized spacial score (nSPS) is 16.9. The van der Waals surface area contributed by atoms with Crippen LogP contribution in [0.5, 0.6) is 0 Å². The quantitative estimate of drug-likeness (QED) is 0.833. The first-order valence-electron chi connectivity index (χ1n) is 6.33. The lowest BCUT2D eigenvalue weighted by Gasteiger charge is -2.34. The highest BCUT2D eigenvalue weighted by atomic mass is 35.5. The van der Waals surface area contributed by atoms with Crippen LogP contribution in [0.1, 0.15) is 12.8 Å². The molecule has 1 aliphatic rings. The van der Waals surface area contributed by atoms with Gasteiger partial charge in [-0.3, -0.25) is 0 Å². The monoisotopic (exact) mass is 288 g/mol. The zero-order valence-electron chi connectivity index (χ0n) is 10.6. The van der Waals surface area contributed by atoms with E-state index >= 15 is 0 Å². The Morgan fingerprint density at radius 3 is 2.74 bits per heavy atom. The fraction of sp³-hybridized carbons (Fsp3) is 0.538. The smallest absolute Gasteiger partial charge is 0.144 e. The third kappa shape index (κ3) is 3.49. The molecular weight excluding hydrogens is 271 g/mol. The van der Waals surface area contributed by atoms with Crippen LogP contribution in [0.15, 0.2) is 12.1 Å². The van der Waals surface area contributed by atoms with Crippen molar-refractivity contribution in [1.82, 2.24) is 0 Å². The van der Waals surface area contributed by atoms with Gasteiger partial charge in [-0.1, -0.05) is 11.6 Å². The van der Waals surface area contributed by atoms with Crippen molar-refractivity contribution in [3.63, 3.8) is 0 Å². The van der Waals surface area contributed by atoms with Crippen LogP contribution in [0.2, 0.25) is 5.02 Å². The molecule has 0 atom stereocenters. The average Bonchev–Trinajstić information content (AvgIpc) is 2.41. The van der Waals surface area contributed by atoms with Gasteiger partial charge in [0.2, 0.25) is 0 Å². The number of nitrogen functional groups attached to an aromatic ring is 1. The van der Waals surface area contributed by atoms with Crippen molar-refractivity contribution < 1.29 is 14.2 Å². The lowest BCUT2D eigenvalue weighted by atomic mass is 10.1. The Balaban J connectivity index is 1.99. The third-order valence-electron chi connectivity index (χ3n) is 3.30. The number of benzene rings is 1. The lowest BCUT2D eigenvalue weighted by molar-refractivity contribution is 0.0159. The first kappa shape index (κ1) is 14.4. The summed E-state index contributed by atoms with van der Waals surface area (Å²) in [6.07, 6.45) is 1.83. The second-order valence-electron chi connectivity index (χ2n) is 4.61. The fourth-order valence-electron chi connectivity index (χ4n) is 2.31. The zero-order chi connectivity index (χ0) is 13.8. The molecule has 1 fully saturated rings. The van der Waals surface area contributed by atoms with E-state index in [0.717, 1.165) is 25.9 Å². The van der Waals surface area contributed by atoms with E-state index in [9.17, 15) is 4.39 Å². The molecule has 1 saturated heterocycles. The van der Waals surface area contributed by atoms with E-state index in [1.54, 1.807) is 0 Å². The van der Waals surface area contributed by atoms with E-state index < -0.39 is 5.82 Å². The minimum atomic E-state index is -0.454. The van der Waals surface area contributed by atoms with Crippen molar-refractivity contribution in [2.24, 2.45) is 0 Å². The van der Waals surface area contributed by atoms with Crippen molar-refractivity contribution in [2.75, 3.05) is 36.9 Å². The lowest BCUT2D eigenvalue weighted by Crippen LogP contribution is -2.37. The number of halogens is 2. The second kappa shape index (κ2) is 6.41. The molecule has 4 nitrogen and oxygen atoms in total. The van der Waals surface area contributed by atoms with E-state index in [1.807, 2.05) is 4.90 Å². The number of ether oxygens (including phenoxy) is 1. The number of hydrogen-bond donors (Lipinski definition) is 2. The molecule has 3 N–H and O–H groups in total. The van der Waals surface area contributed by atoms with Gasteiger partial charge in [0.25, 0.3) is 0 Å². The highest BCUT2D eigenvalue weighted by Gasteiger charge is 2.21. The van der Waals surface area contributed by atoms with E-state index in [-0.39, 0.29) is 17.7 Å². The fourth-order valence-corrected chi connectivity index (χ4v) is 2.48. The Bertz CT molecular complexity index is 437. The number of piperidine rings is 1. The summed E-state index contributed by atoms with van der Waals surface area (Å²) < 4.78 is 19.0. The second-order valence-corrected chi connectivity index (χ2v) is 5.01. The SMILES string of the molecule is Nc1cc(Cl)c(F)cc1N1CCC(OCCO)CC1. The number of anilines is 2. The zero-order valence-corrected chi connectivity index (χ0v) is 11.4. The molecule has 0 radical (unpaired) electrons.